The summed E-state index contributed by atoms with van der Waals surface area (Å²) in [6.07, 6.45) is 4.40. The molecule has 0 atom stereocenters. The number of carbonyl (C=O) groups excluding carboxylic acids is 1. The molecule has 0 saturated carbocycles. The topological polar surface area (TPSA) is 73.3 Å². The second-order valence-corrected chi connectivity index (χ2v) is 7.49. The van der Waals surface area contributed by atoms with Crippen molar-refractivity contribution in [3.8, 4) is 22.8 Å². The van der Waals surface area contributed by atoms with Gasteiger partial charge in [-0.3, -0.25) is 15.1 Å². The lowest BCUT2D eigenvalue weighted by Gasteiger charge is -2.13. The average Bonchev–Trinajstić information content (AvgIpc) is 3.17. The number of ether oxygens (including phenoxy) is 2. The van der Waals surface area contributed by atoms with Crippen LogP contribution < -0.4 is 14.8 Å². The molecule has 0 saturated heterocycles. The van der Waals surface area contributed by atoms with Gasteiger partial charge in [0.05, 0.1) is 19.4 Å². The van der Waals surface area contributed by atoms with Crippen LogP contribution in [0.4, 0.5) is 5.13 Å². The Morgan fingerprint density at radius 1 is 1.25 bits per heavy atom. The molecule has 0 aliphatic heterocycles. The molecule has 0 unspecified atom stereocenters. The molecule has 1 amide bonds. The van der Waals surface area contributed by atoms with Gasteiger partial charge in [-0.05, 0) is 42.7 Å². The Labute approximate surface area is 168 Å². The third-order valence-corrected chi connectivity index (χ3v) is 4.82. The van der Waals surface area contributed by atoms with Crippen molar-refractivity contribution in [2.24, 2.45) is 5.92 Å². The number of aromatic nitrogens is 2. The van der Waals surface area contributed by atoms with Crippen molar-refractivity contribution < 1.29 is 14.3 Å². The van der Waals surface area contributed by atoms with Crippen molar-refractivity contribution in [3.05, 3.63) is 53.7 Å². The lowest BCUT2D eigenvalue weighted by molar-refractivity contribution is 0.102. The Bertz CT molecular complexity index is 926. The second kappa shape index (κ2) is 9.32. The van der Waals surface area contributed by atoms with Crippen LogP contribution in [0.25, 0.3) is 11.3 Å². The summed E-state index contributed by atoms with van der Waals surface area (Å²) in [5.41, 5.74) is 2.16. The highest BCUT2D eigenvalue weighted by Gasteiger charge is 2.14. The zero-order chi connectivity index (χ0) is 19.9. The number of nitrogens with one attached hydrogen (secondary N) is 1. The molecule has 0 fully saturated rings. The molecular weight excluding hydrogens is 374 g/mol. The number of hydrogen-bond acceptors (Lipinski definition) is 6. The van der Waals surface area contributed by atoms with Crippen LogP contribution in [0.1, 0.15) is 30.6 Å². The van der Waals surface area contributed by atoms with E-state index in [1.807, 2.05) is 17.5 Å². The SMILES string of the molecule is COc1cc(C(=O)Nc2nc(-c3cccnc3)cs2)ccc1OCCC(C)C. The monoisotopic (exact) mass is 397 g/mol. The summed E-state index contributed by atoms with van der Waals surface area (Å²) in [6, 6.07) is 8.94. The van der Waals surface area contributed by atoms with Crippen LogP contribution >= 0.6 is 11.3 Å². The van der Waals surface area contributed by atoms with Crippen LogP contribution in [-0.4, -0.2) is 29.6 Å². The smallest absolute Gasteiger partial charge is 0.257 e. The predicted molar refractivity (Wildman–Crippen MR) is 111 cm³/mol. The lowest BCUT2D eigenvalue weighted by Crippen LogP contribution is -2.12. The van der Waals surface area contributed by atoms with Gasteiger partial charge in [-0.1, -0.05) is 13.8 Å². The normalized spacial score (nSPS) is 10.7. The Kier molecular flexibility index (Phi) is 6.60. The number of rotatable bonds is 8. The van der Waals surface area contributed by atoms with Crippen LogP contribution in [0, 0.1) is 5.92 Å². The number of nitrogens with zero attached hydrogens (tertiary/aromatic N) is 2. The maximum atomic E-state index is 12.6. The van der Waals surface area contributed by atoms with Crippen LogP contribution in [0.5, 0.6) is 11.5 Å². The fraction of sp³-hybridized carbons (Fsp3) is 0.286. The van der Waals surface area contributed by atoms with Gasteiger partial charge in [0.15, 0.2) is 16.6 Å². The highest BCUT2D eigenvalue weighted by molar-refractivity contribution is 7.14. The molecule has 28 heavy (non-hydrogen) atoms. The molecule has 7 heteroatoms. The molecule has 3 rings (SSSR count). The highest BCUT2D eigenvalue weighted by Crippen LogP contribution is 2.29. The minimum absolute atomic E-state index is 0.251. The van der Waals surface area contributed by atoms with E-state index in [-0.39, 0.29) is 5.91 Å². The van der Waals surface area contributed by atoms with Gasteiger partial charge in [-0.25, -0.2) is 4.98 Å². The van der Waals surface area contributed by atoms with Crippen molar-refractivity contribution in [2.75, 3.05) is 19.0 Å². The fourth-order valence-corrected chi connectivity index (χ4v) is 3.19. The van der Waals surface area contributed by atoms with Gasteiger partial charge in [0, 0.05) is 28.9 Å². The molecule has 0 radical (unpaired) electrons. The van der Waals surface area contributed by atoms with Crippen LogP contribution in [0.15, 0.2) is 48.1 Å². The quantitative estimate of drug-likeness (QED) is 0.586. The third-order valence-electron chi connectivity index (χ3n) is 4.06. The third kappa shape index (κ3) is 5.07. The first kappa shape index (κ1) is 19.8. The molecule has 0 bridgehead atoms. The summed E-state index contributed by atoms with van der Waals surface area (Å²) >= 11 is 1.37. The van der Waals surface area contributed by atoms with Gasteiger partial charge in [-0.2, -0.15) is 0 Å². The molecule has 2 aromatic heterocycles. The van der Waals surface area contributed by atoms with E-state index >= 15 is 0 Å². The van der Waals surface area contributed by atoms with Crippen LogP contribution in [0.3, 0.4) is 0 Å². The lowest BCUT2D eigenvalue weighted by atomic mass is 10.1. The largest absolute Gasteiger partial charge is 0.493 e. The minimum Gasteiger partial charge on any atom is -0.493 e. The van der Waals surface area contributed by atoms with E-state index in [2.05, 4.69) is 29.1 Å². The fourth-order valence-electron chi connectivity index (χ4n) is 2.48. The first-order valence-electron chi connectivity index (χ1n) is 9.05. The molecular formula is C21H23N3O3S. The molecule has 3 aromatic rings. The number of methoxy groups -OCH3 is 1. The Morgan fingerprint density at radius 2 is 2.11 bits per heavy atom. The first-order valence-corrected chi connectivity index (χ1v) is 9.93. The number of benzene rings is 1. The summed E-state index contributed by atoms with van der Waals surface area (Å²) in [5, 5.41) is 5.24. The Balaban J connectivity index is 1.68. The summed E-state index contributed by atoms with van der Waals surface area (Å²) in [4.78, 5) is 21.1. The molecule has 0 aliphatic carbocycles. The van der Waals surface area contributed by atoms with Gasteiger partial charge in [0.1, 0.15) is 0 Å². The molecule has 2 heterocycles. The van der Waals surface area contributed by atoms with Gasteiger partial charge in [-0.15, -0.1) is 11.3 Å². The van der Waals surface area contributed by atoms with Gasteiger partial charge in [0.2, 0.25) is 0 Å². The Morgan fingerprint density at radius 3 is 2.82 bits per heavy atom. The van der Waals surface area contributed by atoms with Gasteiger partial charge < -0.3 is 9.47 Å². The van der Waals surface area contributed by atoms with Gasteiger partial charge >= 0.3 is 0 Å². The summed E-state index contributed by atoms with van der Waals surface area (Å²) in [6.45, 7) is 4.90. The number of pyridine rings is 1. The summed E-state index contributed by atoms with van der Waals surface area (Å²) in [5.74, 6) is 1.48. The van der Waals surface area contributed by atoms with Gasteiger partial charge in [0.25, 0.3) is 5.91 Å². The minimum atomic E-state index is -0.251. The zero-order valence-electron chi connectivity index (χ0n) is 16.1. The summed E-state index contributed by atoms with van der Waals surface area (Å²) < 4.78 is 11.2. The van der Waals surface area contributed by atoms with E-state index in [1.165, 1.54) is 11.3 Å². The molecule has 1 N–H and O–H groups in total. The second-order valence-electron chi connectivity index (χ2n) is 6.63. The maximum Gasteiger partial charge on any atom is 0.257 e. The standard InChI is InChI=1S/C21H23N3O3S/c1-14(2)8-10-27-18-7-6-15(11-19(18)26-3)20(25)24-21-23-17(13-28-21)16-5-4-9-22-12-16/h4-7,9,11-14H,8,10H2,1-3H3,(H,23,24,25). The molecule has 146 valence electrons. The van der Waals surface area contributed by atoms with E-state index in [4.69, 9.17) is 9.47 Å². The van der Waals surface area contributed by atoms with Crippen molar-refractivity contribution >= 4 is 22.4 Å². The van der Waals surface area contributed by atoms with E-state index in [9.17, 15) is 4.79 Å². The predicted octanol–water partition coefficient (Wildman–Crippen LogP) is 4.89. The molecule has 0 spiro atoms. The average molecular weight is 398 g/mol. The van der Waals surface area contributed by atoms with Crippen molar-refractivity contribution in [3.63, 3.8) is 0 Å². The van der Waals surface area contributed by atoms with E-state index in [0.717, 1.165) is 17.7 Å². The molecule has 1 aromatic carbocycles. The summed E-state index contributed by atoms with van der Waals surface area (Å²) in [7, 11) is 1.56. The molecule has 6 nitrogen and oxygen atoms in total. The first-order chi connectivity index (χ1) is 13.6. The number of hydrogen-bond donors (Lipinski definition) is 1. The number of anilines is 1. The van der Waals surface area contributed by atoms with Crippen LogP contribution in [0.2, 0.25) is 0 Å². The Hall–Kier alpha value is -2.93. The van der Waals surface area contributed by atoms with Crippen molar-refractivity contribution in [1.82, 2.24) is 9.97 Å². The van der Waals surface area contributed by atoms with Crippen LogP contribution in [-0.2, 0) is 0 Å². The molecule has 0 aliphatic rings. The van der Waals surface area contributed by atoms with E-state index < -0.39 is 0 Å². The van der Waals surface area contributed by atoms with Crippen molar-refractivity contribution in [2.45, 2.75) is 20.3 Å². The van der Waals surface area contributed by atoms with E-state index in [1.54, 1.807) is 37.7 Å². The number of carbonyl (C=O) groups is 1. The van der Waals surface area contributed by atoms with E-state index in [0.29, 0.717) is 34.7 Å². The maximum absolute atomic E-state index is 12.6. The number of amides is 1. The number of thiazole rings is 1. The zero-order valence-corrected chi connectivity index (χ0v) is 17.0. The highest BCUT2D eigenvalue weighted by atomic mass is 32.1. The van der Waals surface area contributed by atoms with Crippen molar-refractivity contribution in [1.29, 1.82) is 0 Å².